The second kappa shape index (κ2) is 5.00. The zero-order chi connectivity index (χ0) is 11.4. The molecule has 0 saturated heterocycles. The van der Waals surface area contributed by atoms with Crippen molar-refractivity contribution in [3.05, 3.63) is 0 Å². The molecular weight excluding hydrogens is 194 g/mol. The highest BCUT2D eigenvalue weighted by Gasteiger charge is 2.25. The van der Waals surface area contributed by atoms with Gasteiger partial charge >= 0.3 is 0 Å². The Morgan fingerprint density at radius 3 is 2.67 bits per heavy atom. The summed E-state index contributed by atoms with van der Waals surface area (Å²) < 4.78 is 0. The Kier molecular flexibility index (Phi) is 3.94. The minimum atomic E-state index is -0.345. The maximum absolute atomic E-state index is 11.7. The second-order valence-corrected chi connectivity index (χ2v) is 4.21. The van der Waals surface area contributed by atoms with Gasteiger partial charge in [-0.2, -0.15) is 0 Å². The number of amides is 1. The van der Waals surface area contributed by atoms with Crippen LogP contribution < -0.4 is 5.73 Å². The first kappa shape index (κ1) is 11.8. The molecule has 5 nitrogen and oxygen atoms in total. The first-order valence-corrected chi connectivity index (χ1v) is 5.29. The van der Waals surface area contributed by atoms with Crippen molar-refractivity contribution in [1.82, 2.24) is 4.90 Å². The maximum Gasteiger partial charge on any atom is 0.223 e. The van der Waals surface area contributed by atoms with Crippen LogP contribution in [0.4, 0.5) is 0 Å². The molecule has 1 atom stereocenters. The third kappa shape index (κ3) is 2.84. The number of amidine groups is 1. The fraction of sp³-hybridized carbons (Fsp3) is 0.800. The third-order valence-electron chi connectivity index (χ3n) is 3.21. The molecule has 1 saturated carbocycles. The molecule has 0 heterocycles. The SMILES string of the molecule is CC(C(N)=NO)N(C)C(=O)CC1CCC1. The van der Waals surface area contributed by atoms with E-state index < -0.39 is 0 Å². The topological polar surface area (TPSA) is 78.9 Å². The van der Waals surface area contributed by atoms with Gasteiger partial charge in [0.25, 0.3) is 0 Å². The van der Waals surface area contributed by atoms with E-state index in [1.807, 2.05) is 0 Å². The highest BCUT2D eigenvalue weighted by atomic mass is 16.4. The molecule has 1 amide bonds. The smallest absolute Gasteiger partial charge is 0.223 e. The first-order chi connectivity index (χ1) is 7.06. The van der Waals surface area contributed by atoms with E-state index in [1.54, 1.807) is 14.0 Å². The molecule has 0 aliphatic heterocycles. The van der Waals surface area contributed by atoms with Gasteiger partial charge in [0, 0.05) is 13.5 Å². The largest absolute Gasteiger partial charge is 0.409 e. The van der Waals surface area contributed by atoms with Crippen molar-refractivity contribution >= 4 is 11.7 Å². The highest BCUT2D eigenvalue weighted by molar-refractivity contribution is 5.89. The van der Waals surface area contributed by atoms with Crippen LogP contribution in [0.25, 0.3) is 0 Å². The highest BCUT2D eigenvalue weighted by Crippen LogP contribution is 2.29. The predicted molar refractivity (Wildman–Crippen MR) is 57.6 cm³/mol. The van der Waals surface area contributed by atoms with Gasteiger partial charge in [0.1, 0.15) is 0 Å². The summed E-state index contributed by atoms with van der Waals surface area (Å²) in [5, 5.41) is 11.4. The minimum Gasteiger partial charge on any atom is -0.409 e. The molecule has 1 fully saturated rings. The van der Waals surface area contributed by atoms with E-state index in [0.717, 1.165) is 12.8 Å². The molecule has 5 heteroatoms. The number of oxime groups is 1. The van der Waals surface area contributed by atoms with E-state index in [1.165, 1.54) is 11.3 Å². The van der Waals surface area contributed by atoms with Gasteiger partial charge in [-0.05, 0) is 25.7 Å². The third-order valence-corrected chi connectivity index (χ3v) is 3.21. The molecule has 0 aromatic heterocycles. The molecular formula is C10H19N3O2. The Balaban J connectivity index is 2.43. The molecule has 0 aromatic carbocycles. The summed E-state index contributed by atoms with van der Waals surface area (Å²) in [6, 6.07) is -0.345. The predicted octanol–water partition coefficient (Wildman–Crippen LogP) is 0.770. The van der Waals surface area contributed by atoms with Crippen LogP contribution in [0.15, 0.2) is 5.16 Å². The number of hydrogen-bond donors (Lipinski definition) is 2. The van der Waals surface area contributed by atoms with Crippen LogP contribution in [-0.2, 0) is 4.79 Å². The van der Waals surface area contributed by atoms with Crippen molar-refractivity contribution in [2.45, 2.75) is 38.6 Å². The Hall–Kier alpha value is -1.26. The summed E-state index contributed by atoms with van der Waals surface area (Å²) in [7, 11) is 1.68. The van der Waals surface area contributed by atoms with E-state index >= 15 is 0 Å². The van der Waals surface area contributed by atoms with Crippen molar-refractivity contribution < 1.29 is 10.0 Å². The van der Waals surface area contributed by atoms with Gasteiger partial charge in [0.05, 0.1) is 6.04 Å². The summed E-state index contributed by atoms with van der Waals surface area (Å²) in [4.78, 5) is 13.3. The number of hydrogen-bond acceptors (Lipinski definition) is 3. The molecule has 1 rings (SSSR count). The summed E-state index contributed by atoms with van der Waals surface area (Å²) in [6.07, 6.45) is 4.12. The van der Waals surface area contributed by atoms with Gasteiger partial charge in [-0.3, -0.25) is 4.79 Å². The van der Waals surface area contributed by atoms with Crippen LogP contribution in [0, 0.1) is 5.92 Å². The standard InChI is InChI=1S/C10H19N3O2/c1-7(10(11)12-15)13(2)9(14)6-8-4-3-5-8/h7-8,15H,3-6H2,1-2H3,(H2,11,12). The van der Waals surface area contributed by atoms with Gasteiger partial charge in [0.2, 0.25) is 5.91 Å². The zero-order valence-corrected chi connectivity index (χ0v) is 9.31. The number of nitrogens with zero attached hydrogens (tertiary/aromatic N) is 2. The average Bonchev–Trinajstić information content (AvgIpc) is 2.19. The molecule has 3 N–H and O–H groups in total. The molecule has 1 aliphatic rings. The molecule has 1 unspecified atom stereocenters. The van der Waals surface area contributed by atoms with Gasteiger partial charge in [-0.15, -0.1) is 0 Å². The molecule has 86 valence electrons. The first-order valence-electron chi connectivity index (χ1n) is 5.29. The van der Waals surface area contributed by atoms with Crippen LogP contribution in [0.3, 0.4) is 0 Å². The lowest BCUT2D eigenvalue weighted by molar-refractivity contribution is -0.132. The number of nitrogens with two attached hydrogens (primary N) is 1. The maximum atomic E-state index is 11.7. The van der Waals surface area contributed by atoms with Gasteiger partial charge < -0.3 is 15.8 Å². The van der Waals surface area contributed by atoms with Crippen molar-refractivity contribution in [2.24, 2.45) is 16.8 Å². The molecule has 0 spiro atoms. The molecule has 0 aromatic rings. The van der Waals surface area contributed by atoms with Crippen LogP contribution in [0.5, 0.6) is 0 Å². The lowest BCUT2D eigenvalue weighted by atomic mass is 9.82. The quantitative estimate of drug-likeness (QED) is 0.313. The average molecular weight is 213 g/mol. The zero-order valence-electron chi connectivity index (χ0n) is 9.31. The Morgan fingerprint density at radius 1 is 1.67 bits per heavy atom. The number of rotatable bonds is 4. The van der Waals surface area contributed by atoms with Gasteiger partial charge in [-0.25, -0.2) is 0 Å². The summed E-state index contributed by atoms with van der Waals surface area (Å²) in [5.41, 5.74) is 5.44. The van der Waals surface area contributed by atoms with Crippen LogP contribution in [0.1, 0.15) is 32.6 Å². The minimum absolute atomic E-state index is 0.0683. The van der Waals surface area contributed by atoms with Crippen molar-refractivity contribution in [3.8, 4) is 0 Å². The number of carbonyl (C=O) groups excluding carboxylic acids is 1. The Morgan fingerprint density at radius 2 is 2.27 bits per heavy atom. The van der Waals surface area contributed by atoms with Crippen molar-refractivity contribution in [3.63, 3.8) is 0 Å². The lowest BCUT2D eigenvalue weighted by Gasteiger charge is -2.29. The van der Waals surface area contributed by atoms with Gasteiger partial charge in [-0.1, -0.05) is 11.6 Å². The molecule has 0 radical (unpaired) electrons. The Bertz CT molecular complexity index is 261. The van der Waals surface area contributed by atoms with E-state index in [4.69, 9.17) is 10.9 Å². The lowest BCUT2D eigenvalue weighted by Crippen LogP contribution is -2.44. The van der Waals surface area contributed by atoms with E-state index in [2.05, 4.69) is 5.16 Å². The number of carbonyl (C=O) groups is 1. The molecule has 0 bridgehead atoms. The van der Waals surface area contributed by atoms with Crippen molar-refractivity contribution in [2.75, 3.05) is 7.05 Å². The fourth-order valence-electron chi connectivity index (χ4n) is 1.59. The Labute approximate surface area is 89.9 Å². The van der Waals surface area contributed by atoms with E-state index in [9.17, 15) is 4.79 Å². The van der Waals surface area contributed by atoms with Crippen molar-refractivity contribution in [1.29, 1.82) is 0 Å². The molecule has 15 heavy (non-hydrogen) atoms. The van der Waals surface area contributed by atoms with Gasteiger partial charge in [0.15, 0.2) is 5.84 Å². The fourth-order valence-corrected chi connectivity index (χ4v) is 1.59. The summed E-state index contributed by atoms with van der Waals surface area (Å²) in [5.74, 6) is 0.678. The van der Waals surface area contributed by atoms with E-state index in [0.29, 0.717) is 12.3 Å². The van der Waals surface area contributed by atoms with E-state index in [-0.39, 0.29) is 17.8 Å². The second-order valence-electron chi connectivity index (χ2n) is 4.21. The van der Waals surface area contributed by atoms with Crippen LogP contribution >= 0.6 is 0 Å². The van der Waals surface area contributed by atoms with Crippen LogP contribution in [0.2, 0.25) is 0 Å². The summed E-state index contributed by atoms with van der Waals surface area (Å²) in [6.45, 7) is 1.74. The van der Waals surface area contributed by atoms with Crippen LogP contribution in [-0.4, -0.2) is 34.9 Å². The normalized spacial score (nSPS) is 19.5. The summed E-state index contributed by atoms with van der Waals surface area (Å²) >= 11 is 0. The monoisotopic (exact) mass is 213 g/mol. The molecule has 1 aliphatic carbocycles. The number of likely N-dealkylation sites (N-methyl/N-ethyl adjacent to an activating group) is 1.